The zero-order chi connectivity index (χ0) is 11.8. The van der Waals surface area contributed by atoms with Gasteiger partial charge >= 0.3 is 11.9 Å². The normalized spacial score (nSPS) is 22.7. The number of benzene rings is 1. The minimum absolute atomic E-state index is 0.154. The Bertz CT molecular complexity index is 552. The highest BCUT2D eigenvalue weighted by atomic mass is 16.6. The predicted octanol–water partition coefficient (Wildman–Crippen LogP) is 2.11. The Morgan fingerprint density at radius 2 is 1.82 bits per heavy atom. The third kappa shape index (κ3) is 1.51. The lowest BCUT2D eigenvalue weighted by Gasteiger charge is -2.16. The summed E-state index contributed by atoms with van der Waals surface area (Å²) in [6.07, 6.45) is 4.35. The van der Waals surface area contributed by atoms with Crippen LogP contribution in [0, 0.1) is 0 Å². The first-order valence-electron chi connectivity index (χ1n) is 5.48. The van der Waals surface area contributed by atoms with Crippen molar-refractivity contribution in [3.63, 3.8) is 0 Å². The highest BCUT2D eigenvalue weighted by molar-refractivity contribution is 6.13. The largest absolute Gasteiger partial charge is 0.386 e. The molecule has 1 aliphatic heterocycles. The summed E-state index contributed by atoms with van der Waals surface area (Å²) < 4.78 is 4.67. The predicted molar refractivity (Wildman–Crippen MR) is 61.1 cm³/mol. The molecule has 0 fully saturated rings. The Morgan fingerprint density at radius 3 is 2.59 bits per heavy atom. The van der Waals surface area contributed by atoms with E-state index in [1.165, 1.54) is 0 Å². The molecule has 2 aliphatic rings. The summed E-state index contributed by atoms with van der Waals surface area (Å²) in [5, 5.41) is 0. The Hall–Kier alpha value is -2.16. The van der Waals surface area contributed by atoms with Crippen LogP contribution in [-0.4, -0.2) is 11.9 Å². The fraction of sp³-hybridized carbons (Fsp3) is 0.143. The third-order valence-corrected chi connectivity index (χ3v) is 3.10. The topological polar surface area (TPSA) is 43.4 Å². The van der Waals surface area contributed by atoms with Gasteiger partial charge in [0.15, 0.2) is 0 Å². The van der Waals surface area contributed by atoms with Gasteiger partial charge in [0.25, 0.3) is 0 Å². The molecular weight excluding hydrogens is 216 g/mol. The highest BCUT2D eigenvalue weighted by Crippen LogP contribution is 2.37. The average molecular weight is 226 g/mol. The summed E-state index contributed by atoms with van der Waals surface area (Å²) in [5.74, 6) is -1.14. The lowest BCUT2D eigenvalue weighted by Crippen LogP contribution is -2.10. The van der Waals surface area contributed by atoms with Crippen molar-refractivity contribution < 1.29 is 14.3 Å². The lowest BCUT2D eigenvalue weighted by atomic mass is 9.84. The number of hydrogen-bond acceptors (Lipinski definition) is 3. The summed E-state index contributed by atoms with van der Waals surface area (Å²) in [6.45, 7) is 0. The van der Waals surface area contributed by atoms with Gasteiger partial charge < -0.3 is 4.74 Å². The van der Waals surface area contributed by atoms with Crippen molar-refractivity contribution in [2.75, 3.05) is 0 Å². The van der Waals surface area contributed by atoms with Gasteiger partial charge in [-0.1, -0.05) is 42.5 Å². The second kappa shape index (κ2) is 3.70. The minimum atomic E-state index is -0.497. The van der Waals surface area contributed by atoms with Crippen LogP contribution in [0.5, 0.6) is 0 Å². The van der Waals surface area contributed by atoms with Crippen LogP contribution in [0.4, 0.5) is 0 Å². The van der Waals surface area contributed by atoms with Crippen molar-refractivity contribution in [3.05, 3.63) is 59.2 Å². The van der Waals surface area contributed by atoms with Crippen molar-refractivity contribution in [1.82, 2.24) is 0 Å². The molecule has 0 radical (unpaired) electrons. The maximum absolute atomic E-state index is 11.7. The number of carbonyl (C=O) groups excluding carboxylic acids is 2. The highest BCUT2D eigenvalue weighted by Gasteiger charge is 2.38. The Balaban J connectivity index is 2.09. The van der Waals surface area contributed by atoms with E-state index in [-0.39, 0.29) is 5.92 Å². The van der Waals surface area contributed by atoms with Crippen LogP contribution in [0.25, 0.3) is 0 Å². The van der Waals surface area contributed by atoms with Gasteiger partial charge in [-0.3, -0.25) is 0 Å². The second-order valence-corrected chi connectivity index (χ2v) is 4.09. The van der Waals surface area contributed by atoms with Crippen molar-refractivity contribution in [2.24, 2.45) is 0 Å². The smallest absolute Gasteiger partial charge is 0.343 e. The molecule has 0 amide bonds. The molecule has 3 nitrogen and oxygen atoms in total. The van der Waals surface area contributed by atoms with Crippen molar-refractivity contribution in [3.8, 4) is 0 Å². The van der Waals surface area contributed by atoms with Crippen LogP contribution in [0.2, 0.25) is 0 Å². The number of esters is 2. The summed E-state index contributed by atoms with van der Waals surface area (Å²) in [6, 6.07) is 9.64. The third-order valence-electron chi connectivity index (χ3n) is 3.10. The fourth-order valence-corrected chi connectivity index (χ4v) is 2.30. The zero-order valence-electron chi connectivity index (χ0n) is 9.05. The summed E-state index contributed by atoms with van der Waals surface area (Å²) in [7, 11) is 0. The van der Waals surface area contributed by atoms with Crippen LogP contribution < -0.4 is 0 Å². The first-order valence-corrected chi connectivity index (χ1v) is 5.48. The molecule has 1 atom stereocenters. The first kappa shape index (κ1) is 10.0. The molecule has 0 spiro atoms. The molecule has 0 saturated carbocycles. The van der Waals surface area contributed by atoms with Gasteiger partial charge in [-0.25, -0.2) is 9.59 Å². The lowest BCUT2D eigenvalue weighted by molar-refractivity contribution is -0.151. The molecule has 84 valence electrons. The van der Waals surface area contributed by atoms with Crippen LogP contribution >= 0.6 is 0 Å². The summed E-state index contributed by atoms with van der Waals surface area (Å²) >= 11 is 0. The van der Waals surface area contributed by atoms with Gasteiger partial charge in [0.2, 0.25) is 0 Å². The Kier molecular flexibility index (Phi) is 2.18. The van der Waals surface area contributed by atoms with Gasteiger partial charge in [-0.05, 0) is 12.0 Å². The van der Waals surface area contributed by atoms with Crippen LogP contribution in [0.1, 0.15) is 17.9 Å². The number of rotatable bonds is 1. The molecule has 0 saturated heterocycles. The number of allylic oxidation sites excluding steroid dienone is 2. The van der Waals surface area contributed by atoms with E-state index in [0.717, 1.165) is 5.56 Å². The number of cyclic esters (lactones) is 2. The van der Waals surface area contributed by atoms with E-state index in [9.17, 15) is 9.59 Å². The molecule has 3 heteroatoms. The van der Waals surface area contributed by atoms with Crippen molar-refractivity contribution in [2.45, 2.75) is 12.3 Å². The summed E-state index contributed by atoms with van der Waals surface area (Å²) in [4.78, 5) is 23.1. The molecule has 0 N–H and O–H groups in total. The van der Waals surface area contributed by atoms with Gasteiger partial charge in [-0.15, -0.1) is 0 Å². The monoisotopic (exact) mass is 226 g/mol. The quantitative estimate of drug-likeness (QED) is 0.418. The van der Waals surface area contributed by atoms with Crippen LogP contribution in [0.15, 0.2) is 53.6 Å². The molecule has 0 aromatic heterocycles. The van der Waals surface area contributed by atoms with E-state index < -0.39 is 11.9 Å². The van der Waals surface area contributed by atoms with Crippen LogP contribution in [-0.2, 0) is 14.3 Å². The van der Waals surface area contributed by atoms with E-state index >= 15 is 0 Å². The second-order valence-electron chi connectivity index (χ2n) is 4.09. The number of hydrogen-bond donors (Lipinski definition) is 0. The van der Waals surface area contributed by atoms with Gasteiger partial charge in [0.1, 0.15) is 0 Å². The maximum Gasteiger partial charge on any atom is 0.343 e. The van der Waals surface area contributed by atoms with Gasteiger partial charge in [0.05, 0.1) is 11.1 Å². The molecule has 0 bridgehead atoms. The molecule has 3 rings (SSSR count). The molecule has 1 aromatic rings. The van der Waals surface area contributed by atoms with Gasteiger partial charge in [0, 0.05) is 5.92 Å². The molecule has 1 unspecified atom stereocenters. The average Bonchev–Trinajstić information content (AvgIpc) is 2.66. The standard InChI is InChI=1S/C14H10O3/c15-13-11-8-4-7-10(12(11)14(16)17-13)9-5-2-1-3-6-9/h1-7,10H,8H2. The molecule has 1 heterocycles. The van der Waals surface area contributed by atoms with E-state index in [2.05, 4.69) is 4.74 Å². The SMILES string of the molecule is O=C1OC(=O)C2=C1CC=CC2c1ccccc1. The maximum atomic E-state index is 11.7. The van der Waals surface area contributed by atoms with Crippen LogP contribution in [0.3, 0.4) is 0 Å². The van der Waals surface area contributed by atoms with E-state index in [4.69, 9.17) is 0 Å². The summed E-state index contributed by atoms with van der Waals surface area (Å²) in [5.41, 5.74) is 2.01. The van der Waals surface area contributed by atoms with E-state index in [1.807, 2.05) is 42.5 Å². The van der Waals surface area contributed by atoms with E-state index in [1.54, 1.807) is 0 Å². The molecule has 17 heavy (non-hydrogen) atoms. The Morgan fingerprint density at radius 1 is 1.06 bits per heavy atom. The first-order chi connectivity index (χ1) is 8.27. The molecular formula is C14H10O3. The fourth-order valence-electron chi connectivity index (χ4n) is 2.30. The number of carbonyl (C=O) groups is 2. The Labute approximate surface area is 98.4 Å². The van der Waals surface area contributed by atoms with Gasteiger partial charge in [-0.2, -0.15) is 0 Å². The molecule has 1 aliphatic carbocycles. The molecule has 1 aromatic carbocycles. The zero-order valence-corrected chi connectivity index (χ0v) is 9.05. The van der Waals surface area contributed by atoms with Crippen molar-refractivity contribution in [1.29, 1.82) is 0 Å². The number of ether oxygens (including phenoxy) is 1. The van der Waals surface area contributed by atoms with E-state index in [0.29, 0.717) is 17.6 Å². The minimum Gasteiger partial charge on any atom is -0.386 e. The van der Waals surface area contributed by atoms with Crippen molar-refractivity contribution >= 4 is 11.9 Å².